The van der Waals surface area contributed by atoms with Gasteiger partial charge in [0.15, 0.2) is 4.34 Å². The van der Waals surface area contributed by atoms with Crippen LogP contribution in [0.5, 0.6) is 0 Å². The quantitative estimate of drug-likeness (QED) is 0.613. The highest BCUT2D eigenvalue weighted by molar-refractivity contribution is 8.01. The molecule has 0 spiro atoms. The number of aromatic nitrogens is 2. The van der Waals surface area contributed by atoms with E-state index in [4.69, 9.17) is 0 Å². The summed E-state index contributed by atoms with van der Waals surface area (Å²) in [4.78, 5) is 26.4. The highest BCUT2D eigenvalue weighted by Gasteiger charge is 2.28. The number of nitrogens with zero attached hydrogens (tertiary/aromatic N) is 3. The van der Waals surface area contributed by atoms with Gasteiger partial charge in [0.05, 0.1) is 5.75 Å². The van der Waals surface area contributed by atoms with Crippen LogP contribution in [0, 0.1) is 5.92 Å². The lowest BCUT2D eigenvalue weighted by Crippen LogP contribution is -2.48. The highest BCUT2D eigenvalue weighted by Crippen LogP contribution is 2.28. The van der Waals surface area contributed by atoms with E-state index in [2.05, 4.69) is 29.4 Å². The van der Waals surface area contributed by atoms with Crippen molar-refractivity contribution in [2.75, 3.05) is 11.1 Å². The van der Waals surface area contributed by atoms with E-state index in [1.54, 1.807) is 0 Å². The fourth-order valence-corrected chi connectivity index (χ4v) is 4.47. The third-order valence-electron chi connectivity index (χ3n) is 4.50. The number of likely N-dealkylation sites (tertiary alicyclic amines) is 1. The summed E-state index contributed by atoms with van der Waals surface area (Å²) in [6, 6.07) is 0.614. The summed E-state index contributed by atoms with van der Waals surface area (Å²) in [6.45, 7) is 8.09. The molecule has 1 aromatic rings. The standard InChI is InChI=1S/C16H26N4O2S2/c1-5-10(2)14(22)17-15-18-19-16(24-15)23-9-13(21)20-11(3)7-6-8-12(20)4/h10-12H,5-9H2,1-4H3,(H,17,18,22)/t10-,11+,12+/m1/s1. The molecule has 2 heterocycles. The number of carbonyl (C=O) groups excluding carboxylic acids is 2. The van der Waals surface area contributed by atoms with Gasteiger partial charge in [0.25, 0.3) is 0 Å². The Morgan fingerprint density at radius 3 is 2.62 bits per heavy atom. The number of hydrogen-bond donors (Lipinski definition) is 1. The second-order valence-corrected chi connectivity index (χ2v) is 8.59. The molecule has 1 aliphatic rings. The molecule has 6 nitrogen and oxygen atoms in total. The van der Waals surface area contributed by atoms with Gasteiger partial charge in [-0.05, 0) is 39.5 Å². The Hall–Kier alpha value is -1.15. The van der Waals surface area contributed by atoms with Crippen LogP contribution in [0.15, 0.2) is 4.34 Å². The maximum absolute atomic E-state index is 12.5. The molecule has 0 unspecified atom stereocenters. The van der Waals surface area contributed by atoms with Gasteiger partial charge < -0.3 is 10.2 Å². The van der Waals surface area contributed by atoms with E-state index in [9.17, 15) is 9.59 Å². The van der Waals surface area contributed by atoms with Gasteiger partial charge >= 0.3 is 0 Å². The van der Waals surface area contributed by atoms with E-state index in [0.29, 0.717) is 27.3 Å². The van der Waals surface area contributed by atoms with Crippen molar-refractivity contribution in [3.05, 3.63) is 0 Å². The predicted molar refractivity (Wildman–Crippen MR) is 98.3 cm³/mol. The first kappa shape index (κ1) is 19.2. The van der Waals surface area contributed by atoms with Gasteiger partial charge in [-0.2, -0.15) is 0 Å². The average molecular weight is 371 g/mol. The van der Waals surface area contributed by atoms with E-state index in [1.165, 1.54) is 29.5 Å². The fourth-order valence-electron chi connectivity index (χ4n) is 2.84. The predicted octanol–water partition coefficient (Wildman–Crippen LogP) is 3.40. The smallest absolute Gasteiger partial charge is 0.233 e. The molecule has 0 saturated carbocycles. The highest BCUT2D eigenvalue weighted by atomic mass is 32.2. The molecular formula is C16H26N4O2S2. The van der Waals surface area contributed by atoms with E-state index in [0.717, 1.165) is 19.3 Å². The Morgan fingerprint density at radius 1 is 1.33 bits per heavy atom. The number of amides is 2. The maximum atomic E-state index is 12.5. The van der Waals surface area contributed by atoms with Crippen molar-refractivity contribution in [2.45, 2.75) is 69.8 Å². The lowest BCUT2D eigenvalue weighted by Gasteiger charge is -2.39. The molecule has 2 rings (SSSR count). The minimum absolute atomic E-state index is 0.0442. The number of hydrogen-bond acceptors (Lipinski definition) is 6. The van der Waals surface area contributed by atoms with Crippen LogP contribution in [-0.4, -0.2) is 44.7 Å². The SMILES string of the molecule is CC[C@@H](C)C(=O)Nc1nnc(SCC(=O)N2[C@@H](C)CCC[C@@H]2C)s1. The Labute approximate surface area is 151 Å². The van der Waals surface area contributed by atoms with Gasteiger partial charge in [-0.3, -0.25) is 9.59 Å². The number of thioether (sulfide) groups is 1. The summed E-state index contributed by atoms with van der Waals surface area (Å²) < 4.78 is 0.708. The molecule has 8 heteroatoms. The summed E-state index contributed by atoms with van der Waals surface area (Å²) in [6.07, 6.45) is 4.12. The van der Waals surface area contributed by atoms with Crippen LogP contribution >= 0.6 is 23.1 Å². The summed E-state index contributed by atoms with van der Waals surface area (Å²) in [7, 11) is 0. The molecule has 1 aromatic heterocycles. The van der Waals surface area contributed by atoms with Crippen LogP contribution in [0.4, 0.5) is 5.13 Å². The first-order valence-corrected chi connectivity index (χ1v) is 10.3. The van der Waals surface area contributed by atoms with Crippen LogP contribution in [0.2, 0.25) is 0 Å². The molecule has 134 valence electrons. The Morgan fingerprint density at radius 2 is 2.00 bits per heavy atom. The van der Waals surface area contributed by atoms with Gasteiger partial charge in [0.1, 0.15) is 0 Å². The number of anilines is 1. The lowest BCUT2D eigenvalue weighted by atomic mass is 9.98. The van der Waals surface area contributed by atoms with Crippen molar-refractivity contribution in [3.8, 4) is 0 Å². The van der Waals surface area contributed by atoms with Crippen molar-refractivity contribution < 1.29 is 9.59 Å². The Bertz CT molecular complexity index is 568. The van der Waals surface area contributed by atoms with Crippen LogP contribution < -0.4 is 5.32 Å². The molecule has 2 amide bonds. The summed E-state index contributed by atoms with van der Waals surface area (Å²) in [5.74, 6) is 0.425. The zero-order valence-corrected chi connectivity index (χ0v) is 16.4. The van der Waals surface area contributed by atoms with E-state index in [-0.39, 0.29) is 17.7 Å². The fraction of sp³-hybridized carbons (Fsp3) is 0.750. The van der Waals surface area contributed by atoms with Gasteiger partial charge in [0, 0.05) is 18.0 Å². The van der Waals surface area contributed by atoms with E-state index < -0.39 is 0 Å². The molecule has 1 saturated heterocycles. The molecule has 0 aliphatic carbocycles. The van der Waals surface area contributed by atoms with Gasteiger partial charge in [-0.15, -0.1) is 10.2 Å². The lowest BCUT2D eigenvalue weighted by molar-refractivity contribution is -0.134. The largest absolute Gasteiger partial charge is 0.337 e. The molecule has 1 aliphatic heterocycles. The maximum Gasteiger partial charge on any atom is 0.233 e. The van der Waals surface area contributed by atoms with Crippen molar-refractivity contribution in [3.63, 3.8) is 0 Å². The number of nitrogens with one attached hydrogen (secondary N) is 1. The van der Waals surface area contributed by atoms with Crippen molar-refractivity contribution in [1.29, 1.82) is 0 Å². The Kier molecular flexibility index (Phi) is 7.03. The second-order valence-electron chi connectivity index (χ2n) is 6.39. The molecule has 3 atom stereocenters. The normalized spacial score (nSPS) is 22.2. The van der Waals surface area contributed by atoms with Gasteiger partial charge in [-0.1, -0.05) is 36.9 Å². The van der Waals surface area contributed by atoms with E-state index in [1.807, 2.05) is 18.7 Å². The van der Waals surface area contributed by atoms with Crippen LogP contribution in [-0.2, 0) is 9.59 Å². The average Bonchev–Trinajstić information content (AvgIpc) is 2.99. The molecule has 0 aromatic carbocycles. The summed E-state index contributed by atoms with van der Waals surface area (Å²) >= 11 is 2.71. The monoisotopic (exact) mass is 370 g/mol. The van der Waals surface area contributed by atoms with Crippen LogP contribution in [0.3, 0.4) is 0 Å². The summed E-state index contributed by atoms with van der Waals surface area (Å²) in [5.41, 5.74) is 0. The first-order chi connectivity index (χ1) is 11.4. The van der Waals surface area contributed by atoms with E-state index >= 15 is 0 Å². The molecule has 24 heavy (non-hydrogen) atoms. The number of carbonyl (C=O) groups is 2. The number of piperidine rings is 1. The minimum atomic E-state index is -0.0475. The third kappa shape index (κ3) is 4.92. The third-order valence-corrected chi connectivity index (χ3v) is 6.45. The van der Waals surface area contributed by atoms with Crippen LogP contribution in [0.25, 0.3) is 0 Å². The van der Waals surface area contributed by atoms with Crippen LogP contribution in [0.1, 0.15) is 53.4 Å². The molecule has 1 N–H and O–H groups in total. The van der Waals surface area contributed by atoms with Crippen molar-refractivity contribution >= 4 is 40.0 Å². The van der Waals surface area contributed by atoms with Gasteiger partial charge in [-0.25, -0.2) is 0 Å². The molecular weight excluding hydrogens is 344 g/mol. The van der Waals surface area contributed by atoms with Crippen molar-refractivity contribution in [2.24, 2.45) is 5.92 Å². The van der Waals surface area contributed by atoms with Gasteiger partial charge in [0.2, 0.25) is 16.9 Å². The summed E-state index contributed by atoms with van der Waals surface area (Å²) in [5, 5.41) is 11.3. The Balaban J connectivity index is 1.86. The van der Waals surface area contributed by atoms with Crippen molar-refractivity contribution in [1.82, 2.24) is 15.1 Å². The second kappa shape index (κ2) is 8.80. The molecule has 0 radical (unpaired) electrons. The molecule has 0 bridgehead atoms. The topological polar surface area (TPSA) is 75.2 Å². The zero-order chi connectivity index (χ0) is 17.7. The molecule has 1 fully saturated rings. The number of rotatable bonds is 6. The minimum Gasteiger partial charge on any atom is -0.337 e. The first-order valence-electron chi connectivity index (χ1n) is 8.50. The zero-order valence-electron chi connectivity index (χ0n) is 14.7.